The predicted octanol–water partition coefficient (Wildman–Crippen LogP) is 2.72. The van der Waals surface area contributed by atoms with Gasteiger partial charge in [-0.05, 0) is 18.6 Å². The fraction of sp³-hybridized carbons (Fsp3) is 0.389. The fourth-order valence-corrected chi connectivity index (χ4v) is 3.06. The molecule has 7 heteroatoms. The van der Waals surface area contributed by atoms with Crippen LogP contribution in [0.1, 0.15) is 18.2 Å². The van der Waals surface area contributed by atoms with Gasteiger partial charge in [0, 0.05) is 56.4 Å². The number of aryl methyl sites for hydroxylation is 1. The summed E-state index contributed by atoms with van der Waals surface area (Å²) < 4.78 is 0. The zero-order valence-corrected chi connectivity index (χ0v) is 15.3. The molecule has 25 heavy (non-hydrogen) atoms. The van der Waals surface area contributed by atoms with Gasteiger partial charge in [0.2, 0.25) is 11.9 Å². The number of carbonyl (C=O) groups excluding carboxylic acids is 1. The lowest BCUT2D eigenvalue weighted by Gasteiger charge is -2.35. The normalized spacial score (nSPS) is 14.5. The van der Waals surface area contributed by atoms with Crippen molar-refractivity contribution in [2.45, 2.75) is 20.4 Å². The lowest BCUT2D eigenvalue weighted by atomic mass is 10.2. The summed E-state index contributed by atoms with van der Waals surface area (Å²) in [5, 5.41) is 3.98. The van der Waals surface area contributed by atoms with Gasteiger partial charge in [-0.15, -0.1) is 0 Å². The molecule has 1 aromatic carbocycles. The van der Waals surface area contributed by atoms with Crippen LogP contribution in [0.2, 0.25) is 5.02 Å². The van der Waals surface area contributed by atoms with Gasteiger partial charge in [0.25, 0.3) is 0 Å². The monoisotopic (exact) mass is 359 g/mol. The third-order valence-electron chi connectivity index (χ3n) is 4.28. The number of hydrogen-bond acceptors (Lipinski definition) is 5. The molecule has 1 N–H and O–H groups in total. The molecule has 6 nitrogen and oxygen atoms in total. The van der Waals surface area contributed by atoms with Crippen LogP contribution in [0.5, 0.6) is 0 Å². The molecule has 1 aromatic heterocycles. The predicted molar refractivity (Wildman–Crippen MR) is 100 cm³/mol. The van der Waals surface area contributed by atoms with E-state index in [2.05, 4.69) is 20.2 Å². The van der Waals surface area contributed by atoms with Crippen molar-refractivity contribution in [3.8, 4) is 0 Å². The lowest BCUT2D eigenvalue weighted by Crippen LogP contribution is -2.48. The average Bonchev–Trinajstić information content (AvgIpc) is 2.60. The third kappa shape index (κ3) is 4.39. The van der Waals surface area contributed by atoms with Crippen molar-refractivity contribution in [3.05, 3.63) is 46.6 Å². The summed E-state index contributed by atoms with van der Waals surface area (Å²) in [7, 11) is 0. The summed E-state index contributed by atoms with van der Waals surface area (Å²) in [6.07, 6.45) is 0. The maximum atomic E-state index is 11.5. The molecule has 0 atom stereocenters. The Balaban J connectivity index is 1.69. The number of rotatable bonds is 4. The highest BCUT2D eigenvalue weighted by Crippen LogP contribution is 2.19. The Bertz CT molecular complexity index is 759. The summed E-state index contributed by atoms with van der Waals surface area (Å²) in [5.41, 5.74) is 1.91. The van der Waals surface area contributed by atoms with Crippen molar-refractivity contribution < 1.29 is 4.79 Å². The van der Waals surface area contributed by atoms with Crippen molar-refractivity contribution in [3.63, 3.8) is 0 Å². The Morgan fingerprint density at radius 2 is 1.92 bits per heavy atom. The number of aromatic nitrogens is 2. The van der Waals surface area contributed by atoms with E-state index in [1.54, 1.807) is 6.92 Å². The lowest BCUT2D eigenvalue weighted by molar-refractivity contribution is -0.129. The van der Waals surface area contributed by atoms with Crippen LogP contribution < -0.4 is 10.2 Å². The van der Waals surface area contributed by atoms with E-state index in [9.17, 15) is 4.79 Å². The minimum Gasteiger partial charge on any atom is -0.353 e. The van der Waals surface area contributed by atoms with Gasteiger partial charge in [-0.25, -0.2) is 4.98 Å². The van der Waals surface area contributed by atoms with Crippen molar-refractivity contribution in [2.75, 3.05) is 36.4 Å². The largest absolute Gasteiger partial charge is 0.353 e. The molecule has 132 valence electrons. The van der Waals surface area contributed by atoms with Crippen LogP contribution in [0.3, 0.4) is 0 Å². The maximum absolute atomic E-state index is 11.5. The van der Waals surface area contributed by atoms with Gasteiger partial charge in [0.05, 0.1) is 0 Å². The van der Waals surface area contributed by atoms with Crippen LogP contribution in [0.15, 0.2) is 30.3 Å². The molecule has 1 amide bonds. The molecule has 1 aliphatic rings. The summed E-state index contributed by atoms with van der Waals surface area (Å²) in [6.45, 7) is 7.14. The third-order valence-corrected chi connectivity index (χ3v) is 4.65. The molecule has 0 saturated carbocycles. The van der Waals surface area contributed by atoms with Crippen molar-refractivity contribution >= 4 is 29.3 Å². The van der Waals surface area contributed by atoms with Gasteiger partial charge >= 0.3 is 0 Å². The number of amides is 1. The SMILES string of the molecule is CC(=O)N1CCN(c2cc(C)nc(NCc3ccccc3Cl)n2)CC1. The minimum atomic E-state index is 0.126. The second kappa shape index (κ2) is 7.70. The highest BCUT2D eigenvalue weighted by Gasteiger charge is 2.20. The summed E-state index contributed by atoms with van der Waals surface area (Å²) >= 11 is 6.19. The smallest absolute Gasteiger partial charge is 0.225 e. The minimum absolute atomic E-state index is 0.126. The maximum Gasteiger partial charge on any atom is 0.225 e. The first-order valence-corrected chi connectivity index (χ1v) is 8.74. The molecule has 0 bridgehead atoms. The Labute approximate surface area is 152 Å². The Kier molecular flexibility index (Phi) is 5.38. The molecule has 0 radical (unpaired) electrons. The van der Waals surface area contributed by atoms with Gasteiger partial charge in [0.1, 0.15) is 5.82 Å². The second-order valence-corrected chi connectivity index (χ2v) is 6.54. The highest BCUT2D eigenvalue weighted by molar-refractivity contribution is 6.31. The molecule has 0 unspecified atom stereocenters. The van der Waals surface area contributed by atoms with Crippen LogP contribution in [0.4, 0.5) is 11.8 Å². The molecular weight excluding hydrogens is 338 g/mol. The fourth-order valence-electron chi connectivity index (χ4n) is 2.86. The van der Waals surface area contributed by atoms with Crippen LogP contribution in [-0.4, -0.2) is 47.0 Å². The highest BCUT2D eigenvalue weighted by atomic mass is 35.5. The second-order valence-electron chi connectivity index (χ2n) is 6.13. The van der Waals surface area contributed by atoms with E-state index in [1.807, 2.05) is 42.2 Å². The summed E-state index contributed by atoms with van der Waals surface area (Å²) in [4.78, 5) is 24.6. The summed E-state index contributed by atoms with van der Waals surface area (Å²) in [5.74, 6) is 1.60. The van der Waals surface area contributed by atoms with Gasteiger partial charge in [-0.2, -0.15) is 4.98 Å². The molecule has 1 saturated heterocycles. The molecule has 1 fully saturated rings. The van der Waals surface area contributed by atoms with E-state index in [4.69, 9.17) is 11.6 Å². The van der Waals surface area contributed by atoms with E-state index < -0.39 is 0 Å². The van der Waals surface area contributed by atoms with Crippen LogP contribution in [-0.2, 0) is 11.3 Å². The molecule has 3 rings (SSSR count). The van der Waals surface area contributed by atoms with Crippen LogP contribution in [0, 0.1) is 6.92 Å². The molecular formula is C18H22ClN5O. The van der Waals surface area contributed by atoms with Gasteiger partial charge in [-0.1, -0.05) is 29.8 Å². The van der Waals surface area contributed by atoms with E-state index in [0.29, 0.717) is 12.5 Å². The molecule has 2 aromatic rings. The number of piperazine rings is 1. The molecule has 2 heterocycles. The van der Waals surface area contributed by atoms with Crippen LogP contribution in [0.25, 0.3) is 0 Å². The average molecular weight is 360 g/mol. The number of anilines is 2. The van der Waals surface area contributed by atoms with E-state index in [1.165, 1.54) is 0 Å². The zero-order valence-electron chi connectivity index (χ0n) is 14.5. The number of nitrogens with zero attached hydrogens (tertiary/aromatic N) is 4. The Morgan fingerprint density at radius 3 is 2.60 bits per heavy atom. The number of halogens is 1. The number of benzene rings is 1. The van der Waals surface area contributed by atoms with E-state index >= 15 is 0 Å². The van der Waals surface area contributed by atoms with E-state index in [-0.39, 0.29) is 5.91 Å². The van der Waals surface area contributed by atoms with Crippen molar-refractivity contribution in [2.24, 2.45) is 0 Å². The molecule has 0 spiro atoms. The van der Waals surface area contributed by atoms with Gasteiger partial charge in [0.15, 0.2) is 0 Å². The van der Waals surface area contributed by atoms with Gasteiger partial charge in [-0.3, -0.25) is 4.79 Å². The summed E-state index contributed by atoms with van der Waals surface area (Å²) in [6, 6.07) is 9.69. The first-order valence-electron chi connectivity index (χ1n) is 8.36. The number of carbonyl (C=O) groups is 1. The first kappa shape index (κ1) is 17.5. The Morgan fingerprint density at radius 1 is 1.20 bits per heavy atom. The standard InChI is InChI=1S/C18H22ClN5O/c1-13-11-17(24-9-7-23(8-10-24)14(2)25)22-18(21-13)20-12-15-5-3-4-6-16(15)19/h3-6,11H,7-10,12H2,1-2H3,(H,20,21,22). The Hall–Kier alpha value is -2.34. The van der Waals surface area contributed by atoms with Crippen molar-refractivity contribution in [1.82, 2.24) is 14.9 Å². The number of hydrogen-bond donors (Lipinski definition) is 1. The molecule has 0 aliphatic carbocycles. The van der Waals surface area contributed by atoms with Crippen LogP contribution >= 0.6 is 11.6 Å². The first-order chi connectivity index (χ1) is 12.0. The zero-order chi connectivity index (χ0) is 17.8. The van der Waals surface area contributed by atoms with Gasteiger partial charge < -0.3 is 15.1 Å². The topological polar surface area (TPSA) is 61.4 Å². The van der Waals surface area contributed by atoms with E-state index in [0.717, 1.165) is 48.3 Å². The number of nitrogens with one attached hydrogen (secondary N) is 1. The van der Waals surface area contributed by atoms with Crippen molar-refractivity contribution in [1.29, 1.82) is 0 Å². The quantitative estimate of drug-likeness (QED) is 0.909. The molecule has 1 aliphatic heterocycles.